The average molecular weight is 288 g/mol. The number of carbonyl (C=O) groups excluding carboxylic acids is 1. The standard InChI is InChI=1S/C16H17FN2O2/c1-10(13-9-12(17)6-7-15(13)20)19-14-5-3-2-4-11(14)8-16(18)21/h2-7,9-10,19-20H,8H2,1H3,(H2,18,21). The fourth-order valence-electron chi connectivity index (χ4n) is 2.19. The normalized spacial score (nSPS) is 11.9. The molecule has 0 spiro atoms. The molecule has 1 amide bonds. The lowest BCUT2D eigenvalue weighted by Gasteiger charge is -2.19. The number of primary amides is 1. The fourth-order valence-corrected chi connectivity index (χ4v) is 2.19. The third kappa shape index (κ3) is 3.72. The highest BCUT2D eigenvalue weighted by atomic mass is 19.1. The second kappa shape index (κ2) is 6.26. The Morgan fingerprint density at radius 3 is 2.76 bits per heavy atom. The molecule has 0 saturated heterocycles. The second-order valence-electron chi connectivity index (χ2n) is 4.87. The van der Waals surface area contributed by atoms with Gasteiger partial charge in [0.15, 0.2) is 0 Å². The van der Waals surface area contributed by atoms with Crippen LogP contribution in [0.3, 0.4) is 0 Å². The monoisotopic (exact) mass is 288 g/mol. The van der Waals surface area contributed by atoms with Crippen molar-refractivity contribution < 1.29 is 14.3 Å². The summed E-state index contributed by atoms with van der Waals surface area (Å²) in [5, 5.41) is 13.0. The van der Waals surface area contributed by atoms with Crippen molar-refractivity contribution in [2.45, 2.75) is 19.4 Å². The molecular formula is C16H17FN2O2. The predicted octanol–water partition coefficient (Wildman–Crippen LogP) is 2.73. The van der Waals surface area contributed by atoms with Crippen LogP contribution in [0.2, 0.25) is 0 Å². The molecule has 0 aliphatic carbocycles. The first-order valence-electron chi connectivity index (χ1n) is 6.58. The van der Waals surface area contributed by atoms with Crippen LogP contribution in [0.15, 0.2) is 42.5 Å². The maximum absolute atomic E-state index is 13.3. The Balaban J connectivity index is 2.25. The van der Waals surface area contributed by atoms with Crippen molar-refractivity contribution in [3.05, 3.63) is 59.4 Å². The molecule has 2 rings (SSSR count). The van der Waals surface area contributed by atoms with Crippen LogP contribution >= 0.6 is 0 Å². The molecule has 0 aliphatic rings. The van der Waals surface area contributed by atoms with Gasteiger partial charge in [0.05, 0.1) is 12.5 Å². The van der Waals surface area contributed by atoms with E-state index < -0.39 is 11.7 Å². The maximum atomic E-state index is 13.3. The van der Waals surface area contributed by atoms with Crippen molar-refractivity contribution in [3.8, 4) is 5.75 Å². The van der Waals surface area contributed by atoms with Gasteiger partial charge in [0, 0.05) is 11.3 Å². The quantitative estimate of drug-likeness (QED) is 0.792. The number of carbonyl (C=O) groups is 1. The molecule has 2 aromatic rings. The van der Waals surface area contributed by atoms with Gasteiger partial charge in [-0.05, 0) is 36.8 Å². The highest BCUT2D eigenvalue weighted by molar-refractivity contribution is 5.78. The number of hydrogen-bond donors (Lipinski definition) is 3. The van der Waals surface area contributed by atoms with Gasteiger partial charge in [0.2, 0.25) is 5.91 Å². The third-order valence-corrected chi connectivity index (χ3v) is 3.21. The van der Waals surface area contributed by atoms with E-state index in [0.717, 1.165) is 11.3 Å². The first-order valence-corrected chi connectivity index (χ1v) is 6.58. The Morgan fingerprint density at radius 2 is 2.05 bits per heavy atom. The number of para-hydroxylation sites is 1. The number of nitrogens with one attached hydrogen (secondary N) is 1. The SMILES string of the molecule is CC(Nc1ccccc1CC(N)=O)c1cc(F)ccc1O. The minimum atomic E-state index is -0.425. The van der Waals surface area contributed by atoms with Crippen molar-refractivity contribution in [1.29, 1.82) is 0 Å². The van der Waals surface area contributed by atoms with E-state index in [0.29, 0.717) is 5.56 Å². The second-order valence-corrected chi connectivity index (χ2v) is 4.87. The average Bonchev–Trinajstić information content (AvgIpc) is 2.43. The molecule has 5 heteroatoms. The van der Waals surface area contributed by atoms with Crippen molar-refractivity contribution in [2.75, 3.05) is 5.32 Å². The molecule has 21 heavy (non-hydrogen) atoms. The Labute approximate surface area is 122 Å². The van der Waals surface area contributed by atoms with E-state index in [1.165, 1.54) is 18.2 Å². The van der Waals surface area contributed by atoms with Crippen molar-refractivity contribution in [2.24, 2.45) is 5.73 Å². The smallest absolute Gasteiger partial charge is 0.221 e. The van der Waals surface area contributed by atoms with Gasteiger partial charge in [-0.1, -0.05) is 18.2 Å². The summed E-state index contributed by atoms with van der Waals surface area (Å²) in [6.45, 7) is 1.80. The number of anilines is 1. The number of benzene rings is 2. The molecule has 0 aliphatic heterocycles. The van der Waals surface area contributed by atoms with Gasteiger partial charge in [0.25, 0.3) is 0 Å². The summed E-state index contributed by atoms with van der Waals surface area (Å²) in [6.07, 6.45) is 0.116. The highest BCUT2D eigenvalue weighted by Crippen LogP contribution is 2.28. The van der Waals surface area contributed by atoms with Gasteiger partial charge in [-0.2, -0.15) is 0 Å². The molecule has 0 saturated carbocycles. The molecule has 2 aromatic carbocycles. The van der Waals surface area contributed by atoms with E-state index in [1.54, 1.807) is 13.0 Å². The first kappa shape index (κ1) is 14.8. The minimum Gasteiger partial charge on any atom is -0.508 e. The Kier molecular flexibility index (Phi) is 4.42. The summed E-state index contributed by atoms with van der Waals surface area (Å²) in [5.41, 5.74) is 7.16. The Bertz CT molecular complexity index is 658. The van der Waals surface area contributed by atoms with Crippen LogP contribution in [0.4, 0.5) is 10.1 Å². The van der Waals surface area contributed by atoms with Crippen molar-refractivity contribution in [3.63, 3.8) is 0 Å². The lowest BCUT2D eigenvalue weighted by molar-refractivity contribution is -0.117. The van der Waals surface area contributed by atoms with Crippen LogP contribution < -0.4 is 11.1 Å². The minimum absolute atomic E-state index is 0.0174. The van der Waals surface area contributed by atoms with Gasteiger partial charge in [-0.15, -0.1) is 0 Å². The fraction of sp³-hybridized carbons (Fsp3) is 0.188. The van der Waals surface area contributed by atoms with Crippen molar-refractivity contribution in [1.82, 2.24) is 0 Å². The molecule has 110 valence electrons. The Morgan fingerprint density at radius 1 is 1.33 bits per heavy atom. The van der Waals surface area contributed by atoms with E-state index in [1.807, 2.05) is 18.2 Å². The lowest BCUT2D eigenvalue weighted by atomic mass is 10.0. The van der Waals surface area contributed by atoms with Gasteiger partial charge in [-0.3, -0.25) is 4.79 Å². The zero-order chi connectivity index (χ0) is 15.4. The van der Waals surface area contributed by atoms with Crippen LogP contribution in [0, 0.1) is 5.82 Å². The molecule has 0 bridgehead atoms. The number of halogens is 1. The zero-order valence-corrected chi connectivity index (χ0v) is 11.6. The van der Waals surface area contributed by atoms with E-state index in [9.17, 15) is 14.3 Å². The number of hydrogen-bond acceptors (Lipinski definition) is 3. The molecule has 4 nitrogen and oxygen atoms in total. The molecular weight excluding hydrogens is 271 g/mol. The zero-order valence-electron chi connectivity index (χ0n) is 11.6. The molecule has 1 unspecified atom stereocenters. The third-order valence-electron chi connectivity index (χ3n) is 3.21. The molecule has 0 aromatic heterocycles. The Hall–Kier alpha value is -2.56. The van der Waals surface area contributed by atoms with Gasteiger partial charge < -0.3 is 16.2 Å². The summed E-state index contributed by atoms with van der Waals surface area (Å²) in [6, 6.07) is 10.7. The molecule has 0 fully saturated rings. The van der Waals surface area contributed by atoms with E-state index in [2.05, 4.69) is 5.32 Å². The van der Waals surface area contributed by atoms with E-state index in [4.69, 9.17) is 5.73 Å². The number of phenols is 1. The number of amides is 1. The topological polar surface area (TPSA) is 75.3 Å². The van der Waals surface area contributed by atoms with E-state index in [-0.39, 0.29) is 18.2 Å². The van der Waals surface area contributed by atoms with Gasteiger partial charge >= 0.3 is 0 Å². The van der Waals surface area contributed by atoms with Crippen LogP contribution in [-0.4, -0.2) is 11.0 Å². The van der Waals surface area contributed by atoms with Crippen LogP contribution in [0.5, 0.6) is 5.75 Å². The predicted molar refractivity (Wildman–Crippen MR) is 79.4 cm³/mol. The van der Waals surface area contributed by atoms with Crippen molar-refractivity contribution >= 4 is 11.6 Å². The summed E-state index contributed by atoms with van der Waals surface area (Å²) < 4.78 is 13.3. The molecule has 0 heterocycles. The summed E-state index contributed by atoms with van der Waals surface area (Å²) in [7, 11) is 0. The largest absolute Gasteiger partial charge is 0.508 e. The van der Waals surface area contributed by atoms with Gasteiger partial charge in [-0.25, -0.2) is 4.39 Å². The number of rotatable bonds is 5. The van der Waals surface area contributed by atoms with Gasteiger partial charge in [0.1, 0.15) is 11.6 Å². The number of nitrogens with two attached hydrogens (primary N) is 1. The number of phenolic OH excluding ortho intramolecular Hbond substituents is 1. The van der Waals surface area contributed by atoms with E-state index >= 15 is 0 Å². The van der Waals surface area contributed by atoms with Crippen LogP contribution in [0.25, 0.3) is 0 Å². The maximum Gasteiger partial charge on any atom is 0.221 e. The lowest BCUT2D eigenvalue weighted by Crippen LogP contribution is -2.16. The molecule has 1 atom stereocenters. The van der Waals surface area contributed by atoms with Crippen LogP contribution in [0.1, 0.15) is 24.1 Å². The number of aromatic hydroxyl groups is 1. The molecule has 0 radical (unpaired) electrons. The molecule has 4 N–H and O–H groups in total. The highest BCUT2D eigenvalue weighted by Gasteiger charge is 2.13. The van der Waals surface area contributed by atoms with Crippen LogP contribution in [-0.2, 0) is 11.2 Å². The summed E-state index contributed by atoms with van der Waals surface area (Å²) in [4.78, 5) is 11.1. The first-order chi connectivity index (χ1) is 9.97. The summed E-state index contributed by atoms with van der Waals surface area (Å²) in [5.74, 6) is -0.823. The summed E-state index contributed by atoms with van der Waals surface area (Å²) >= 11 is 0.